The molecule has 35 heavy (non-hydrogen) atoms. The molecule has 1 aromatic heterocycles. The van der Waals surface area contributed by atoms with Crippen LogP contribution in [0.25, 0.3) is 11.1 Å². The van der Waals surface area contributed by atoms with E-state index in [0.29, 0.717) is 16.8 Å². The molecule has 3 aromatic carbocycles. The van der Waals surface area contributed by atoms with Crippen LogP contribution in [-0.2, 0) is 16.2 Å². The van der Waals surface area contributed by atoms with E-state index in [9.17, 15) is 26.4 Å². The van der Waals surface area contributed by atoms with E-state index in [1.807, 2.05) is 0 Å². The highest BCUT2D eigenvalue weighted by atomic mass is 32.2. The Morgan fingerprint density at radius 3 is 2.11 bits per heavy atom. The van der Waals surface area contributed by atoms with Gasteiger partial charge >= 0.3 is 11.8 Å². The zero-order chi connectivity index (χ0) is 25.2. The Hall–Kier alpha value is -4.05. The maximum atomic E-state index is 12.8. The van der Waals surface area contributed by atoms with Crippen LogP contribution >= 0.6 is 0 Å². The average molecular weight is 501 g/mol. The van der Waals surface area contributed by atoms with Gasteiger partial charge in [0, 0.05) is 11.3 Å². The molecule has 10 heteroatoms. The summed E-state index contributed by atoms with van der Waals surface area (Å²) in [6, 6.07) is 19.5. The van der Waals surface area contributed by atoms with Crippen LogP contribution in [0.4, 0.5) is 18.9 Å². The van der Waals surface area contributed by atoms with Crippen molar-refractivity contribution in [3.63, 3.8) is 0 Å². The molecule has 1 N–H and O–H groups in total. The van der Waals surface area contributed by atoms with E-state index in [1.54, 1.807) is 37.3 Å². The van der Waals surface area contributed by atoms with Gasteiger partial charge in [-0.05, 0) is 67.1 Å². The van der Waals surface area contributed by atoms with Crippen molar-refractivity contribution in [3.05, 3.63) is 107 Å². The summed E-state index contributed by atoms with van der Waals surface area (Å²) in [4.78, 5) is 12.5. The standard InChI is InChI=1S/C25H18F3NO5S/c1-16-15-22(23(24(30)33-16)34-20-11-9-18(10-12-20)25(26,27)28)17-7-13-21(14-8-17)35(31,32)29-19-5-3-2-4-6-19/h2-15,29H,1H3. The molecular formula is C25H18F3NO5S. The van der Waals surface area contributed by atoms with Gasteiger partial charge in [0.05, 0.1) is 10.5 Å². The van der Waals surface area contributed by atoms with Crippen LogP contribution in [0.1, 0.15) is 11.3 Å². The summed E-state index contributed by atoms with van der Waals surface area (Å²) in [5.74, 6) is 0.0299. The quantitative estimate of drug-likeness (QED) is 0.339. The third kappa shape index (κ3) is 5.55. The molecule has 0 spiro atoms. The van der Waals surface area contributed by atoms with Crippen LogP contribution in [0.5, 0.6) is 11.5 Å². The lowest BCUT2D eigenvalue weighted by molar-refractivity contribution is -0.137. The Bertz CT molecular complexity index is 1500. The summed E-state index contributed by atoms with van der Waals surface area (Å²) in [6.45, 7) is 1.55. The molecule has 6 nitrogen and oxygen atoms in total. The van der Waals surface area contributed by atoms with Crippen molar-refractivity contribution in [1.82, 2.24) is 0 Å². The van der Waals surface area contributed by atoms with E-state index in [4.69, 9.17) is 9.15 Å². The monoisotopic (exact) mass is 501 g/mol. The number of hydrogen-bond acceptors (Lipinski definition) is 5. The molecule has 180 valence electrons. The molecule has 0 unspecified atom stereocenters. The number of hydrogen-bond donors (Lipinski definition) is 1. The summed E-state index contributed by atoms with van der Waals surface area (Å²) < 4.78 is 77.0. The smallest absolute Gasteiger partial charge is 0.416 e. The Labute approximate surface area is 198 Å². The Morgan fingerprint density at radius 1 is 0.886 bits per heavy atom. The lowest BCUT2D eigenvalue weighted by Gasteiger charge is -2.13. The van der Waals surface area contributed by atoms with Gasteiger partial charge in [0.1, 0.15) is 11.5 Å². The van der Waals surface area contributed by atoms with Crippen molar-refractivity contribution in [2.45, 2.75) is 18.0 Å². The SMILES string of the molecule is Cc1cc(-c2ccc(S(=O)(=O)Nc3ccccc3)cc2)c(Oc2ccc(C(F)(F)F)cc2)c(=O)o1. The molecule has 0 saturated carbocycles. The third-order valence-corrected chi connectivity index (χ3v) is 6.33. The predicted octanol–water partition coefficient (Wildman–Crippen LogP) is 6.23. The number of halogens is 3. The Balaban J connectivity index is 1.65. The first-order valence-corrected chi connectivity index (χ1v) is 11.7. The normalized spacial score (nSPS) is 11.8. The van der Waals surface area contributed by atoms with Crippen molar-refractivity contribution in [2.24, 2.45) is 0 Å². The minimum Gasteiger partial charge on any atom is -0.449 e. The topological polar surface area (TPSA) is 85.6 Å². The van der Waals surface area contributed by atoms with Crippen molar-refractivity contribution in [1.29, 1.82) is 0 Å². The second kappa shape index (κ2) is 9.30. The van der Waals surface area contributed by atoms with Gasteiger partial charge in [0.15, 0.2) is 0 Å². The Kier molecular flexibility index (Phi) is 6.40. The number of aryl methyl sites for hydroxylation is 1. The number of nitrogens with one attached hydrogen (secondary N) is 1. The lowest BCUT2D eigenvalue weighted by Crippen LogP contribution is -2.12. The van der Waals surface area contributed by atoms with Crippen LogP contribution in [-0.4, -0.2) is 8.42 Å². The molecule has 0 bridgehead atoms. The molecule has 0 aliphatic carbocycles. The minimum absolute atomic E-state index is 0.00154. The molecule has 0 saturated heterocycles. The number of para-hydroxylation sites is 1. The number of rotatable bonds is 6. The molecule has 0 radical (unpaired) electrons. The summed E-state index contributed by atoms with van der Waals surface area (Å²) in [6.07, 6.45) is -4.51. The molecule has 1 heterocycles. The van der Waals surface area contributed by atoms with Crippen molar-refractivity contribution < 1.29 is 30.7 Å². The fraction of sp³-hybridized carbons (Fsp3) is 0.0800. The van der Waals surface area contributed by atoms with Crippen LogP contribution in [0, 0.1) is 6.92 Å². The maximum Gasteiger partial charge on any atom is 0.416 e. The maximum absolute atomic E-state index is 12.8. The van der Waals surface area contributed by atoms with E-state index >= 15 is 0 Å². The van der Waals surface area contributed by atoms with Crippen LogP contribution < -0.4 is 15.1 Å². The van der Waals surface area contributed by atoms with Crippen LogP contribution in [0.2, 0.25) is 0 Å². The fourth-order valence-electron chi connectivity index (χ4n) is 3.28. The summed E-state index contributed by atoms with van der Waals surface area (Å²) in [5, 5.41) is 0. The first-order valence-electron chi connectivity index (χ1n) is 10.2. The van der Waals surface area contributed by atoms with Gasteiger partial charge in [-0.2, -0.15) is 13.2 Å². The van der Waals surface area contributed by atoms with Gasteiger partial charge in [-0.3, -0.25) is 4.72 Å². The number of ether oxygens (including phenoxy) is 1. The first kappa shape index (κ1) is 24.1. The molecule has 0 aliphatic heterocycles. The molecule has 0 amide bonds. The molecule has 0 fully saturated rings. The first-order chi connectivity index (χ1) is 16.5. The van der Waals surface area contributed by atoms with Crippen LogP contribution in [0.3, 0.4) is 0 Å². The van der Waals surface area contributed by atoms with Crippen molar-refractivity contribution in [3.8, 4) is 22.6 Å². The second-order valence-corrected chi connectivity index (χ2v) is 9.19. The molecule has 4 aromatic rings. The van der Waals surface area contributed by atoms with E-state index in [2.05, 4.69) is 4.72 Å². The van der Waals surface area contributed by atoms with Gasteiger partial charge in [0.2, 0.25) is 5.75 Å². The zero-order valence-corrected chi connectivity index (χ0v) is 19.0. The van der Waals surface area contributed by atoms with E-state index in [1.165, 1.54) is 30.3 Å². The zero-order valence-electron chi connectivity index (χ0n) is 18.2. The molecular weight excluding hydrogens is 483 g/mol. The van der Waals surface area contributed by atoms with Crippen molar-refractivity contribution in [2.75, 3.05) is 4.72 Å². The fourth-order valence-corrected chi connectivity index (χ4v) is 4.33. The summed E-state index contributed by atoms with van der Waals surface area (Å²) in [5.41, 5.74) is -0.551. The van der Waals surface area contributed by atoms with Crippen molar-refractivity contribution >= 4 is 15.7 Å². The largest absolute Gasteiger partial charge is 0.449 e. The highest BCUT2D eigenvalue weighted by molar-refractivity contribution is 7.92. The minimum atomic E-state index is -4.51. The predicted molar refractivity (Wildman–Crippen MR) is 124 cm³/mol. The van der Waals surface area contributed by atoms with Gasteiger partial charge in [-0.25, -0.2) is 13.2 Å². The highest BCUT2D eigenvalue weighted by Crippen LogP contribution is 2.34. The summed E-state index contributed by atoms with van der Waals surface area (Å²) in [7, 11) is -3.86. The third-order valence-electron chi connectivity index (χ3n) is 4.93. The van der Waals surface area contributed by atoms with Gasteiger partial charge < -0.3 is 9.15 Å². The number of sulfonamides is 1. The highest BCUT2D eigenvalue weighted by Gasteiger charge is 2.30. The second-order valence-electron chi connectivity index (χ2n) is 7.51. The van der Waals surface area contributed by atoms with Gasteiger partial charge in [-0.15, -0.1) is 0 Å². The number of anilines is 1. The number of benzene rings is 3. The van der Waals surface area contributed by atoms with Crippen LogP contribution in [0.15, 0.2) is 99.0 Å². The van der Waals surface area contributed by atoms with E-state index in [0.717, 1.165) is 24.3 Å². The average Bonchev–Trinajstić information content (AvgIpc) is 2.81. The lowest BCUT2D eigenvalue weighted by atomic mass is 10.1. The van der Waals surface area contributed by atoms with Gasteiger partial charge in [0.25, 0.3) is 10.0 Å². The molecule has 4 rings (SSSR count). The van der Waals surface area contributed by atoms with E-state index in [-0.39, 0.29) is 22.2 Å². The molecule has 0 aliphatic rings. The Morgan fingerprint density at radius 2 is 1.51 bits per heavy atom. The number of alkyl halides is 3. The summed E-state index contributed by atoms with van der Waals surface area (Å²) >= 11 is 0. The molecule has 0 atom stereocenters. The van der Waals surface area contributed by atoms with Gasteiger partial charge in [-0.1, -0.05) is 30.3 Å². The van der Waals surface area contributed by atoms with E-state index < -0.39 is 27.4 Å².